The largest absolute Gasteiger partial charge is 0.357 e. The first-order valence-corrected chi connectivity index (χ1v) is 12.6. The fourth-order valence-corrected chi connectivity index (χ4v) is 4.35. The predicted molar refractivity (Wildman–Crippen MR) is 113 cm³/mol. The van der Waals surface area contributed by atoms with E-state index in [9.17, 15) is 8.42 Å². The summed E-state index contributed by atoms with van der Waals surface area (Å²) < 4.78 is 22.6. The number of nitrogens with one attached hydrogen (secondary N) is 2. The summed E-state index contributed by atoms with van der Waals surface area (Å²) in [5.41, 5.74) is 1.01. The van der Waals surface area contributed by atoms with E-state index in [0.29, 0.717) is 25.0 Å². The van der Waals surface area contributed by atoms with Gasteiger partial charge in [-0.3, -0.25) is 0 Å². The van der Waals surface area contributed by atoms with Crippen molar-refractivity contribution in [3.05, 3.63) is 16.1 Å². The number of hydrogen-bond donors (Lipinski definition) is 2. The number of thiazole rings is 1. The maximum atomic E-state index is 11.3. The lowest BCUT2D eigenvalue weighted by Gasteiger charge is -2.32. The van der Waals surface area contributed by atoms with Gasteiger partial charge in [0.25, 0.3) is 0 Å². The summed E-state index contributed by atoms with van der Waals surface area (Å²) in [7, 11) is -2.89. The van der Waals surface area contributed by atoms with Gasteiger partial charge in [-0.15, -0.1) is 11.3 Å². The molecule has 0 bridgehead atoms. The highest BCUT2D eigenvalue weighted by Crippen LogP contribution is 2.19. The van der Waals surface area contributed by atoms with Gasteiger partial charge < -0.3 is 15.5 Å². The smallest absolute Gasteiger partial charge is 0.191 e. The Hall–Kier alpha value is -1.19. The molecule has 27 heavy (non-hydrogen) atoms. The quantitative estimate of drug-likeness (QED) is 0.498. The van der Waals surface area contributed by atoms with E-state index in [1.165, 1.54) is 6.26 Å². The maximum absolute atomic E-state index is 11.3. The van der Waals surface area contributed by atoms with Crippen LogP contribution in [0.2, 0.25) is 0 Å². The van der Waals surface area contributed by atoms with Gasteiger partial charge in [-0.25, -0.2) is 18.4 Å². The van der Waals surface area contributed by atoms with Crippen molar-refractivity contribution in [2.24, 2.45) is 4.99 Å². The standard InChI is InChI=1S/C18H33N5O2S2/c1-5-19-18(20-12-16-13-26-17(21-16)14(2)3)22-15-6-8-23(9-7-15)10-11-27(4,24)25/h13-15H,5-12H2,1-4H3,(H2,19,20,22). The zero-order valence-electron chi connectivity index (χ0n) is 16.9. The first-order valence-electron chi connectivity index (χ1n) is 9.66. The molecular formula is C18H33N5O2S2. The summed E-state index contributed by atoms with van der Waals surface area (Å²) in [5.74, 6) is 1.51. The predicted octanol–water partition coefficient (Wildman–Crippen LogP) is 1.83. The fraction of sp³-hybridized carbons (Fsp3) is 0.778. The SMILES string of the molecule is CCNC(=NCc1csc(C(C)C)n1)NC1CCN(CCS(C)(=O)=O)CC1. The molecule has 1 aliphatic rings. The van der Waals surface area contributed by atoms with Gasteiger partial charge in [-0.1, -0.05) is 13.8 Å². The molecule has 2 rings (SSSR count). The van der Waals surface area contributed by atoms with Crippen molar-refractivity contribution in [2.75, 3.05) is 38.2 Å². The highest BCUT2D eigenvalue weighted by atomic mass is 32.2. The first kappa shape index (κ1) is 22.1. The molecule has 0 radical (unpaired) electrons. The second-order valence-electron chi connectivity index (χ2n) is 7.42. The molecule has 2 heterocycles. The van der Waals surface area contributed by atoms with Gasteiger partial charge in [-0.05, 0) is 19.8 Å². The van der Waals surface area contributed by atoms with Gasteiger partial charge in [-0.2, -0.15) is 0 Å². The summed E-state index contributed by atoms with van der Waals surface area (Å²) in [5, 5.41) is 10.1. The second-order valence-corrected chi connectivity index (χ2v) is 10.6. The van der Waals surface area contributed by atoms with E-state index in [1.807, 2.05) is 0 Å². The number of piperidine rings is 1. The van der Waals surface area contributed by atoms with Crippen LogP contribution in [0, 0.1) is 0 Å². The Kier molecular flexibility index (Phi) is 8.50. The molecule has 9 heteroatoms. The van der Waals surface area contributed by atoms with E-state index < -0.39 is 9.84 Å². The van der Waals surface area contributed by atoms with Crippen LogP contribution in [0.5, 0.6) is 0 Å². The van der Waals surface area contributed by atoms with Crippen LogP contribution in [0.4, 0.5) is 0 Å². The fourth-order valence-electron chi connectivity index (χ4n) is 2.93. The Labute approximate surface area is 167 Å². The van der Waals surface area contributed by atoms with E-state index in [1.54, 1.807) is 11.3 Å². The van der Waals surface area contributed by atoms with Crippen LogP contribution >= 0.6 is 11.3 Å². The molecule has 0 atom stereocenters. The minimum Gasteiger partial charge on any atom is -0.357 e. The molecule has 0 spiro atoms. The van der Waals surface area contributed by atoms with Gasteiger partial charge >= 0.3 is 0 Å². The van der Waals surface area contributed by atoms with Gasteiger partial charge in [0.1, 0.15) is 9.84 Å². The third-order valence-corrected chi connectivity index (χ3v) is 6.63. The average Bonchev–Trinajstić information content (AvgIpc) is 3.08. The van der Waals surface area contributed by atoms with E-state index in [4.69, 9.17) is 0 Å². The van der Waals surface area contributed by atoms with Gasteiger partial charge in [0.15, 0.2) is 5.96 Å². The molecule has 2 N–H and O–H groups in total. The number of hydrogen-bond acceptors (Lipinski definition) is 6. The minimum atomic E-state index is -2.89. The number of guanidine groups is 1. The molecule has 0 unspecified atom stereocenters. The lowest BCUT2D eigenvalue weighted by atomic mass is 10.1. The molecular weight excluding hydrogens is 382 g/mol. The number of aromatic nitrogens is 1. The van der Waals surface area contributed by atoms with Gasteiger partial charge in [0, 0.05) is 49.8 Å². The minimum absolute atomic E-state index is 0.237. The van der Waals surface area contributed by atoms with Gasteiger partial charge in [0.05, 0.1) is 23.0 Å². The highest BCUT2D eigenvalue weighted by Gasteiger charge is 2.20. The van der Waals surface area contributed by atoms with E-state index >= 15 is 0 Å². The summed E-state index contributed by atoms with van der Waals surface area (Å²) in [4.78, 5) is 11.6. The lowest BCUT2D eigenvalue weighted by molar-refractivity contribution is 0.216. The van der Waals surface area contributed by atoms with Crippen molar-refractivity contribution < 1.29 is 8.42 Å². The third-order valence-electron chi connectivity index (χ3n) is 4.51. The van der Waals surface area contributed by atoms with E-state index in [-0.39, 0.29) is 5.75 Å². The Morgan fingerprint density at radius 3 is 2.67 bits per heavy atom. The Morgan fingerprint density at radius 1 is 1.41 bits per heavy atom. The third kappa shape index (κ3) is 8.15. The van der Waals surface area contributed by atoms with Crippen molar-refractivity contribution >= 4 is 27.1 Å². The van der Waals surface area contributed by atoms with Crippen LogP contribution in [0.25, 0.3) is 0 Å². The van der Waals surface area contributed by atoms with Crippen LogP contribution in [-0.2, 0) is 16.4 Å². The van der Waals surface area contributed by atoms with Crippen molar-refractivity contribution in [3.8, 4) is 0 Å². The molecule has 1 aromatic rings. The molecule has 0 amide bonds. The molecule has 7 nitrogen and oxygen atoms in total. The first-order chi connectivity index (χ1) is 12.8. The van der Waals surface area contributed by atoms with Crippen molar-refractivity contribution in [3.63, 3.8) is 0 Å². The van der Waals surface area contributed by atoms with Crippen LogP contribution in [0.15, 0.2) is 10.4 Å². The zero-order valence-corrected chi connectivity index (χ0v) is 18.5. The van der Waals surface area contributed by atoms with Crippen LogP contribution in [-0.4, -0.2) is 68.5 Å². The number of sulfone groups is 1. The number of likely N-dealkylation sites (tertiary alicyclic amines) is 1. The monoisotopic (exact) mass is 415 g/mol. The topological polar surface area (TPSA) is 86.7 Å². The maximum Gasteiger partial charge on any atom is 0.191 e. The van der Waals surface area contributed by atoms with Crippen molar-refractivity contribution in [2.45, 2.75) is 52.1 Å². The van der Waals surface area contributed by atoms with Crippen molar-refractivity contribution in [1.29, 1.82) is 0 Å². The van der Waals surface area contributed by atoms with Crippen LogP contribution in [0.3, 0.4) is 0 Å². The normalized spacial score (nSPS) is 17.4. The van der Waals surface area contributed by atoms with E-state index in [2.05, 4.69) is 51.7 Å². The summed E-state index contributed by atoms with van der Waals surface area (Å²) in [6, 6.07) is 0.360. The molecule has 1 aliphatic heterocycles. The summed E-state index contributed by atoms with van der Waals surface area (Å²) in [6.45, 7) is 10.2. The molecule has 0 saturated carbocycles. The molecule has 0 aliphatic carbocycles. The number of rotatable bonds is 8. The highest BCUT2D eigenvalue weighted by molar-refractivity contribution is 7.90. The average molecular weight is 416 g/mol. The summed E-state index contributed by atoms with van der Waals surface area (Å²) >= 11 is 1.70. The molecule has 1 aromatic heterocycles. The van der Waals surface area contributed by atoms with Crippen molar-refractivity contribution in [1.82, 2.24) is 20.5 Å². The van der Waals surface area contributed by atoms with Gasteiger partial charge in [0.2, 0.25) is 0 Å². The summed E-state index contributed by atoms with van der Waals surface area (Å²) in [6.07, 6.45) is 3.28. The Bertz CT molecular complexity index is 707. The van der Waals surface area contributed by atoms with E-state index in [0.717, 1.165) is 49.1 Å². The number of aliphatic imine (C=N–C) groups is 1. The molecule has 1 saturated heterocycles. The Balaban J connectivity index is 1.83. The van der Waals surface area contributed by atoms with Crippen LogP contribution < -0.4 is 10.6 Å². The molecule has 154 valence electrons. The number of nitrogens with zero attached hydrogens (tertiary/aromatic N) is 3. The lowest BCUT2D eigenvalue weighted by Crippen LogP contribution is -2.49. The van der Waals surface area contributed by atoms with Crippen LogP contribution in [0.1, 0.15) is 50.2 Å². The second kappa shape index (κ2) is 10.4. The molecule has 0 aromatic carbocycles. The molecule has 1 fully saturated rings. The Morgan fingerprint density at radius 2 is 2.11 bits per heavy atom. The zero-order chi connectivity index (χ0) is 19.9.